The molecule has 5 heteroatoms. The number of hydrogen-bond donors (Lipinski definition) is 1. The highest BCUT2D eigenvalue weighted by Crippen LogP contribution is 2.31. The highest BCUT2D eigenvalue weighted by molar-refractivity contribution is 7.10. The van der Waals surface area contributed by atoms with Crippen LogP contribution in [0.1, 0.15) is 16.5 Å². The van der Waals surface area contributed by atoms with Gasteiger partial charge in [-0.2, -0.15) is 0 Å². The van der Waals surface area contributed by atoms with E-state index >= 15 is 0 Å². The third kappa shape index (κ3) is 3.38. The van der Waals surface area contributed by atoms with Crippen molar-refractivity contribution in [3.63, 3.8) is 0 Å². The van der Waals surface area contributed by atoms with Gasteiger partial charge in [-0.05, 0) is 29.1 Å². The lowest BCUT2D eigenvalue weighted by Crippen LogP contribution is -2.45. The molecule has 1 N–H and O–H groups in total. The maximum absolute atomic E-state index is 13.1. The molecule has 2 heterocycles. The van der Waals surface area contributed by atoms with Gasteiger partial charge in [-0.3, -0.25) is 4.90 Å². The van der Waals surface area contributed by atoms with E-state index in [0.29, 0.717) is 0 Å². The molecule has 0 unspecified atom stereocenters. The molecule has 0 bridgehead atoms. The second kappa shape index (κ2) is 7.18. The van der Waals surface area contributed by atoms with Crippen LogP contribution in [-0.2, 0) is 0 Å². The SMILES string of the molecule is Cl.Fc1ccc([C@H](c2cccs2)N2CCNCC2)cc1. The second-order valence-corrected chi connectivity index (χ2v) is 5.73. The Balaban J connectivity index is 0.00000147. The van der Waals surface area contributed by atoms with E-state index in [1.165, 1.54) is 10.4 Å². The van der Waals surface area contributed by atoms with Crippen molar-refractivity contribution in [2.75, 3.05) is 26.2 Å². The normalized spacial score (nSPS) is 17.4. The number of thiophene rings is 1. The minimum atomic E-state index is -0.172. The minimum Gasteiger partial charge on any atom is -0.314 e. The van der Waals surface area contributed by atoms with Gasteiger partial charge in [0, 0.05) is 31.1 Å². The number of halogens is 2. The van der Waals surface area contributed by atoms with Crippen LogP contribution >= 0.6 is 23.7 Å². The molecule has 0 saturated carbocycles. The smallest absolute Gasteiger partial charge is 0.123 e. The fourth-order valence-corrected chi connectivity index (χ4v) is 3.47. The van der Waals surface area contributed by atoms with Gasteiger partial charge in [0.05, 0.1) is 6.04 Å². The molecule has 0 radical (unpaired) electrons. The van der Waals surface area contributed by atoms with E-state index in [1.807, 2.05) is 12.1 Å². The van der Waals surface area contributed by atoms with Crippen LogP contribution in [0.15, 0.2) is 41.8 Å². The molecular weight excluding hydrogens is 295 g/mol. The summed E-state index contributed by atoms with van der Waals surface area (Å²) in [7, 11) is 0. The number of piperazine rings is 1. The third-order valence-electron chi connectivity index (χ3n) is 3.52. The second-order valence-electron chi connectivity index (χ2n) is 4.76. The molecule has 2 nitrogen and oxygen atoms in total. The predicted octanol–water partition coefficient (Wildman–Crippen LogP) is 3.30. The lowest BCUT2D eigenvalue weighted by molar-refractivity contribution is 0.200. The van der Waals surface area contributed by atoms with Gasteiger partial charge in [0.15, 0.2) is 0 Å². The first-order valence-corrected chi connectivity index (χ1v) is 7.46. The molecule has 1 fully saturated rings. The zero-order valence-corrected chi connectivity index (χ0v) is 12.7. The zero-order valence-electron chi connectivity index (χ0n) is 11.1. The Morgan fingerprint density at radius 1 is 1.10 bits per heavy atom. The van der Waals surface area contributed by atoms with Crippen molar-refractivity contribution >= 4 is 23.7 Å². The highest BCUT2D eigenvalue weighted by Gasteiger charge is 2.24. The molecule has 1 aliphatic heterocycles. The fourth-order valence-electron chi connectivity index (χ4n) is 2.59. The Labute approximate surface area is 129 Å². The average molecular weight is 313 g/mol. The molecule has 0 aliphatic carbocycles. The van der Waals surface area contributed by atoms with Gasteiger partial charge in [-0.15, -0.1) is 23.7 Å². The number of nitrogens with zero attached hydrogens (tertiary/aromatic N) is 1. The van der Waals surface area contributed by atoms with Crippen LogP contribution < -0.4 is 5.32 Å². The van der Waals surface area contributed by atoms with Crippen LogP contribution in [0, 0.1) is 5.82 Å². The highest BCUT2D eigenvalue weighted by atomic mass is 35.5. The van der Waals surface area contributed by atoms with Crippen molar-refractivity contribution in [1.29, 1.82) is 0 Å². The summed E-state index contributed by atoms with van der Waals surface area (Å²) in [6.45, 7) is 4.09. The fraction of sp³-hybridized carbons (Fsp3) is 0.333. The van der Waals surface area contributed by atoms with E-state index in [-0.39, 0.29) is 24.3 Å². The van der Waals surface area contributed by atoms with Crippen LogP contribution in [0.2, 0.25) is 0 Å². The van der Waals surface area contributed by atoms with Crippen LogP contribution in [-0.4, -0.2) is 31.1 Å². The summed E-state index contributed by atoms with van der Waals surface area (Å²) in [4.78, 5) is 3.80. The first-order chi connectivity index (χ1) is 9.34. The summed E-state index contributed by atoms with van der Waals surface area (Å²) >= 11 is 1.77. The van der Waals surface area contributed by atoms with E-state index in [4.69, 9.17) is 0 Å². The first kappa shape index (κ1) is 15.4. The van der Waals surface area contributed by atoms with Gasteiger partial charge in [0.2, 0.25) is 0 Å². The van der Waals surface area contributed by atoms with Gasteiger partial charge in [0.1, 0.15) is 5.82 Å². The third-order valence-corrected chi connectivity index (χ3v) is 4.44. The predicted molar refractivity (Wildman–Crippen MR) is 84.3 cm³/mol. The summed E-state index contributed by atoms with van der Waals surface area (Å²) in [5.41, 5.74) is 1.17. The van der Waals surface area contributed by atoms with Gasteiger partial charge in [0.25, 0.3) is 0 Å². The first-order valence-electron chi connectivity index (χ1n) is 6.58. The van der Waals surface area contributed by atoms with Crippen molar-refractivity contribution < 1.29 is 4.39 Å². The minimum absolute atomic E-state index is 0. The molecule has 108 valence electrons. The Kier molecular flexibility index (Phi) is 5.54. The van der Waals surface area contributed by atoms with E-state index < -0.39 is 0 Å². The van der Waals surface area contributed by atoms with Crippen molar-refractivity contribution in [3.05, 3.63) is 58.0 Å². The van der Waals surface area contributed by atoms with E-state index in [1.54, 1.807) is 23.5 Å². The van der Waals surface area contributed by atoms with E-state index in [2.05, 4.69) is 27.7 Å². The Bertz CT molecular complexity index is 509. The molecule has 1 aromatic heterocycles. The lowest BCUT2D eigenvalue weighted by atomic mass is 10.0. The van der Waals surface area contributed by atoms with Crippen molar-refractivity contribution in [2.45, 2.75) is 6.04 Å². The molecular formula is C15H18ClFN2S. The van der Waals surface area contributed by atoms with Crippen molar-refractivity contribution in [3.8, 4) is 0 Å². The molecule has 1 atom stereocenters. The molecule has 0 spiro atoms. The maximum Gasteiger partial charge on any atom is 0.123 e. The summed E-state index contributed by atoms with van der Waals surface area (Å²) in [6.07, 6.45) is 0. The van der Waals surface area contributed by atoms with Crippen molar-refractivity contribution in [2.24, 2.45) is 0 Å². The number of benzene rings is 1. The van der Waals surface area contributed by atoms with Crippen LogP contribution in [0.25, 0.3) is 0 Å². The summed E-state index contributed by atoms with van der Waals surface area (Å²) in [5, 5.41) is 5.48. The Hall–Kier alpha value is -0.940. The van der Waals surface area contributed by atoms with Crippen LogP contribution in [0.3, 0.4) is 0 Å². The molecule has 20 heavy (non-hydrogen) atoms. The Morgan fingerprint density at radius 3 is 2.40 bits per heavy atom. The summed E-state index contributed by atoms with van der Waals surface area (Å²) in [6, 6.07) is 11.4. The van der Waals surface area contributed by atoms with Gasteiger partial charge in [-0.25, -0.2) is 4.39 Å². The zero-order chi connectivity index (χ0) is 13.1. The maximum atomic E-state index is 13.1. The standard InChI is InChI=1S/C15H17FN2S.ClH/c16-13-5-3-12(4-6-13)15(14-2-1-11-19-14)18-9-7-17-8-10-18;/h1-6,11,15,17H,7-10H2;1H/t15-;/m1./s1. The molecule has 0 amide bonds. The average Bonchev–Trinajstić information content (AvgIpc) is 2.96. The number of nitrogens with one attached hydrogen (secondary N) is 1. The number of hydrogen-bond acceptors (Lipinski definition) is 3. The quantitative estimate of drug-likeness (QED) is 0.935. The monoisotopic (exact) mass is 312 g/mol. The molecule has 3 rings (SSSR count). The molecule has 1 saturated heterocycles. The van der Waals surface area contributed by atoms with Crippen LogP contribution in [0.5, 0.6) is 0 Å². The van der Waals surface area contributed by atoms with E-state index in [9.17, 15) is 4.39 Å². The number of rotatable bonds is 3. The van der Waals surface area contributed by atoms with Gasteiger partial charge < -0.3 is 5.32 Å². The topological polar surface area (TPSA) is 15.3 Å². The summed E-state index contributed by atoms with van der Waals surface area (Å²) in [5.74, 6) is -0.172. The van der Waals surface area contributed by atoms with Gasteiger partial charge in [-0.1, -0.05) is 18.2 Å². The molecule has 2 aromatic rings. The molecule has 1 aromatic carbocycles. The Morgan fingerprint density at radius 2 is 1.80 bits per heavy atom. The van der Waals surface area contributed by atoms with E-state index in [0.717, 1.165) is 26.2 Å². The molecule has 1 aliphatic rings. The van der Waals surface area contributed by atoms with Crippen LogP contribution in [0.4, 0.5) is 4.39 Å². The van der Waals surface area contributed by atoms with Gasteiger partial charge >= 0.3 is 0 Å². The summed E-state index contributed by atoms with van der Waals surface area (Å²) < 4.78 is 13.1. The largest absolute Gasteiger partial charge is 0.314 e. The van der Waals surface area contributed by atoms with Crippen molar-refractivity contribution in [1.82, 2.24) is 10.2 Å². The lowest BCUT2D eigenvalue weighted by Gasteiger charge is -2.34.